The Morgan fingerprint density at radius 2 is 1.54 bits per heavy atom. The van der Waals surface area contributed by atoms with Crippen LogP contribution in [0.4, 0.5) is 5.69 Å². The average molecular weight is 374 g/mol. The van der Waals surface area contributed by atoms with E-state index in [1.165, 1.54) is 0 Å². The zero-order chi connectivity index (χ0) is 19.6. The second-order valence-corrected chi connectivity index (χ2v) is 6.68. The van der Waals surface area contributed by atoms with Crippen molar-refractivity contribution in [2.75, 3.05) is 11.9 Å². The van der Waals surface area contributed by atoms with Gasteiger partial charge in [0.1, 0.15) is 12.4 Å². The predicted octanol–water partition coefficient (Wildman–Crippen LogP) is 4.95. The first-order chi connectivity index (χ1) is 13.7. The molecule has 0 aliphatic heterocycles. The minimum atomic E-state index is 0.00902. The highest BCUT2D eigenvalue weighted by Gasteiger charge is 2.08. The van der Waals surface area contributed by atoms with E-state index in [4.69, 9.17) is 4.74 Å². The molecule has 1 atom stereocenters. The van der Waals surface area contributed by atoms with Crippen LogP contribution < -0.4 is 15.4 Å². The van der Waals surface area contributed by atoms with Crippen molar-refractivity contribution >= 4 is 11.6 Å². The molecule has 4 heteroatoms. The summed E-state index contributed by atoms with van der Waals surface area (Å²) in [6, 6.07) is 27.8. The Bertz CT molecular complexity index is 849. The minimum Gasteiger partial charge on any atom is -0.489 e. The Balaban J connectivity index is 1.38. The number of nitrogens with one attached hydrogen (secondary N) is 2. The summed E-state index contributed by atoms with van der Waals surface area (Å²) in [7, 11) is 0. The maximum atomic E-state index is 12.1. The van der Waals surface area contributed by atoms with E-state index in [2.05, 4.69) is 10.6 Å². The SMILES string of the molecule is CC(NC(=O)CCNc1ccc(OCc2ccccc2)cc1)c1ccccc1. The smallest absolute Gasteiger partial charge is 0.222 e. The summed E-state index contributed by atoms with van der Waals surface area (Å²) in [6.07, 6.45) is 0.420. The van der Waals surface area contributed by atoms with Gasteiger partial charge in [-0.3, -0.25) is 4.79 Å². The van der Waals surface area contributed by atoms with Gasteiger partial charge in [0.15, 0.2) is 0 Å². The van der Waals surface area contributed by atoms with Gasteiger partial charge in [0, 0.05) is 18.7 Å². The Labute approximate surface area is 166 Å². The molecule has 0 aliphatic rings. The quantitative estimate of drug-likeness (QED) is 0.557. The Hall–Kier alpha value is -3.27. The molecule has 2 N–H and O–H groups in total. The highest BCUT2D eigenvalue weighted by molar-refractivity contribution is 5.77. The van der Waals surface area contributed by atoms with Crippen molar-refractivity contribution in [3.8, 4) is 5.75 Å². The van der Waals surface area contributed by atoms with Gasteiger partial charge in [-0.25, -0.2) is 0 Å². The van der Waals surface area contributed by atoms with Crippen molar-refractivity contribution in [2.45, 2.75) is 26.0 Å². The number of ether oxygens (including phenoxy) is 1. The fourth-order valence-electron chi connectivity index (χ4n) is 2.87. The average Bonchev–Trinajstić information content (AvgIpc) is 2.74. The van der Waals surface area contributed by atoms with E-state index < -0.39 is 0 Å². The van der Waals surface area contributed by atoms with Gasteiger partial charge in [0.25, 0.3) is 0 Å². The number of anilines is 1. The summed E-state index contributed by atoms with van der Waals surface area (Å²) in [5.41, 5.74) is 3.21. The zero-order valence-electron chi connectivity index (χ0n) is 16.1. The highest BCUT2D eigenvalue weighted by atomic mass is 16.5. The molecule has 28 heavy (non-hydrogen) atoms. The number of amides is 1. The number of carbonyl (C=O) groups excluding carboxylic acids is 1. The third-order valence-corrected chi connectivity index (χ3v) is 4.46. The first kappa shape index (κ1) is 19.5. The highest BCUT2D eigenvalue weighted by Crippen LogP contribution is 2.17. The van der Waals surface area contributed by atoms with Crippen LogP contribution in [0.2, 0.25) is 0 Å². The maximum Gasteiger partial charge on any atom is 0.222 e. The second-order valence-electron chi connectivity index (χ2n) is 6.68. The Morgan fingerprint density at radius 1 is 0.893 bits per heavy atom. The molecular formula is C24H26N2O2. The molecule has 0 radical (unpaired) electrons. The van der Waals surface area contributed by atoms with Crippen LogP contribution in [-0.4, -0.2) is 12.5 Å². The van der Waals surface area contributed by atoms with Gasteiger partial charge in [-0.1, -0.05) is 60.7 Å². The molecule has 0 spiro atoms. The lowest BCUT2D eigenvalue weighted by Gasteiger charge is -2.14. The lowest BCUT2D eigenvalue weighted by Crippen LogP contribution is -2.28. The summed E-state index contributed by atoms with van der Waals surface area (Å²) in [4.78, 5) is 12.1. The standard InChI is InChI=1S/C24H26N2O2/c1-19(21-10-6-3-7-11-21)26-24(27)16-17-25-22-12-14-23(15-13-22)28-18-20-8-4-2-5-9-20/h2-15,19,25H,16-18H2,1H3,(H,26,27). The van der Waals surface area contributed by atoms with Crippen LogP contribution in [0.3, 0.4) is 0 Å². The number of carbonyl (C=O) groups is 1. The molecule has 0 saturated carbocycles. The number of rotatable bonds is 9. The Kier molecular flexibility index (Phi) is 7.08. The van der Waals surface area contributed by atoms with Crippen LogP contribution in [0, 0.1) is 0 Å². The second kappa shape index (κ2) is 10.2. The largest absolute Gasteiger partial charge is 0.489 e. The maximum absolute atomic E-state index is 12.1. The van der Waals surface area contributed by atoms with Crippen LogP contribution >= 0.6 is 0 Å². The lowest BCUT2D eigenvalue weighted by molar-refractivity contribution is -0.121. The van der Waals surface area contributed by atoms with E-state index in [1.807, 2.05) is 91.9 Å². The molecule has 3 aromatic carbocycles. The molecule has 1 unspecified atom stereocenters. The van der Waals surface area contributed by atoms with E-state index in [1.54, 1.807) is 0 Å². The molecule has 0 fully saturated rings. The third-order valence-electron chi connectivity index (χ3n) is 4.46. The molecule has 0 bridgehead atoms. The summed E-state index contributed by atoms with van der Waals surface area (Å²) in [6.45, 7) is 3.12. The van der Waals surface area contributed by atoms with Crippen molar-refractivity contribution < 1.29 is 9.53 Å². The predicted molar refractivity (Wildman–Crippen MR) is 113 cm³/mol. The minimum absolute atomic E-state index is 0.00902. The number of hydrogen-bond acceptors (Lipinski definition) is 3. The fraction of sp³-hybridized carbons (Fsp3) is 0.208. The van der Waals surface area contributed by atoms with Crippen LogP contribution in [0.25, 0.3) is 0 Å². The summed E-state index contributed by atoms with van der Waals surface area (Å²) < 4.78 is 5.78. The van der Waals surface area contributed by atoms with E-state index in [9.17, 15) is 4.79 Å². The molecule has 4 nitrogen and oxygen atoms in total. The van der Waals surface area contributed by atoms with Crippen molar-refractivity contribution in [3.63, 3.8) is 0 Å². The fourth-order valence-corrected chi connectivity index (χ4v) is 2.87. The van der Waals surface area contributed by atoms with Crippen molar-refractivity contribution in [2.24, 2.45) is 0 Å². The van der Waals surface area contributed by atoms with Gasteiger partial charge < -0.3 is 15.4 Å². The number of hydrogen-bond donors (Lipinski definition) is 2. The molecule has 144 valence electrons. The van der Waals surface area contributed by atoms with Crippen LogP contribution in [0.15, 0.2) is 84.9 Å². The molecule has 3 aromatic rings. The van der Waals surface area contributed by atoms with Gasteiger partial charge in [-0.15, -0.1) is 0 Å². The molecule has 1 amide bonds. The van der Waals surface area contributed by atoms with Crippen molar-refractivity contribution in [1.82, 2.24) is 5.32 Å². The third kappa shape index (κ3) is 6.16. The van der Waals surface area contributed by atoms with Crippen LogP contribution in [0.5, 0.6) is 5.75 Å². The normalized spacial score (nSPS) is 11.5. The monoisotopic (exact) mass is 374 g/mol. The van der Waals surface area contributed by atoms with Gasteiger partial charge in [-0.2, -0.15) is 0 Å². The molecule has 0 heterocycles. The van der Waals surface area contributed by atoms with Crippen molar-refractivity contribution in [3.05, 3.63) is 96.1 Å². The molecule has 0 aliphatic carbocycles. The van der Waals surface area contributed by atoms with Crippen molar-refractivity contribution in [1.29, 1.82) is 0 Å². The summed E-state index contributed by atoms with van der Waals surface area (Å²) >= 11 is 0. The summed E-state index contributed by atoms with van der Waals surface area (Å²) in [5.74, 6) is 0.857. The van der Waals surface area contributed by atoms with Gasteiger partial charge >= 0.3 is 0 Å². The lowest BCUT2D eigenvalue weighted by atomic mass is 10.1. The molecule has 0 aromatic heterocycles. The molecule has 3 rings (SSSR count). The van der Waals surface area contributed by atoms with Crippen LogP contribution in [0.1, 0.15) is 30.5 Å². The first-order valence-electron chi connectivity index (χ1n) is 9.56. The molecule has 0 saturated heterocycles. The van der Waals surface area contributed by atoms with E-state index in [0.717, 1.165) is 22.6 Å². The van der Waals surface area contributed by atoms with Gasteiger partial charge in [0.05, 0.1) is 6.04 Å². The van der Waals surface area contributed by atoms with E-state index in [0.29, 0.717) is 19.6 Å². The van der Waals surface area contributed by atoms with Gasteiger partial charge in [0.2, 0.25) is 5.91 Å². The zero-order valence-corrected chi connectivity index (χ0v) is 16.1. The first-order valence-corrected chi connectivity index (χ1v) is 9.56. The van der Waals surface area contributed by atoms with Crippen LogP contribution in [-0.2, 0) is 11.4 Å². The van der Waals surface area contributed by atoms with Gasteiger partial charge in [-0.05, 0) is 42.3 Å². The number of benzene rings is 3. The topological polar surface area (TPSA) is 50.4 Å². The van der Waals surface area contributed by atoms with E-state index >= 15 is 0 Å². The molecular weight excluding hydrogens is 348 g/mol. The van der Waals surface area contributed by atoms with E-state index in [-0.39, 0.29) is 11.9 Å². The summed E-state index contributed by atoms with van der Waals surface area (Å²) in [5, 5.41) is 6.30. The Morgan fingerprint density at radius 3 is 2.21 bits per heavy atom.